The van der Waals surface area contributed by atoms with Crippen molar-refractivity contribution in [3.8, 4) is 0 Å². The van der Waals surface area contributed by atoms with Gasteiger partial charge in [-0.25, -0.2) is 4.39 Å². The largest absolute Gasteiger partial charge is 0.316 e. The Morgan fingerprint density at radius 1 is 1.47 bits per heavy atom. The quantitative estimate of drug-likeness (QED) is 0.803. The zero-order valence-corrected chi connectivity index (χ0v) is 9.17. The maximum atomic E-state index is 13.4. The Labute approximate surface area is 90.7 Å². The molecule has 0 bridgehead atoms. The van der Waals surface area contributed by atoms with Crippen LogP contribution in [-0.2, 0) is 6.42 Å². The summed E-state index contributed by atoms with van der Waals surface area (Å²) in [5.74, 6) is 0.685. The second kappa shape index (κ2) is 4.75. The number of nitrogens with one attached hydrogen (secondary N) is 1. The third-order valence-electron chi connectivity index (χ3n) is 3.15. The summed E-state index contributed by atoms with van der Waals surface area (Å²) in [6.45, 7) is 3.80. The molecule has 0 spiro atoms. The van der Waals surface area contributed by atoms with E-state index in [0.29, 0.717) is 5.92 Å². The molecule has 0 radical (unpaired) electrons. The van der Waals surface area contributed by atoms with Gasteiger partial charge in [0.1, 0.15) is 6.17 Å². The Bertz CT molecular complexity index is 316. The Balaban J connectivity index is 2.12. The SMILES string of the molecule is CC(F)c1ccccc1CC1CCNC1. The fourth-order valence-electron chi connectivity index (χ4n) is 2.31. The minimum atomic E-state index is -0.851. The van der Waals surface area contributed by atoms with Gasteiger partial charge in [0.05, 0.1) is 0 Å². The van der Waals surface area contributed by atoms with Crippen molar-refractivity contribution in [2.45, 2.75) is 25.9 Å². The topological polar surface area (TPSA) is 12.0 Å². The van der Waals surface area contributed by atoms with Gasteiger partial charge in [-0.15, -0.1) is 0 Å². The molecule has 1 aliphatic heterocycles. The average molecular weight is 207 g/mol. The lowest BCUT2D eigenvalue weighted by Gasteiger charge is -2.13. The predicted molar refractivity (Wildman–Crippen MR) is 60.6 cm³/mol. The van der Waals surface area contributed by atoms with Gasteiger partial charge in [-0.2, -0.15) is 0 Å². The van der Waals surface area contributed by atoms with Crippen LogP contribution in [0.25, 0.3) is 0 Å². The molecule has 2 atom stereocenters. The number of hydrogen-bond acceptors (Lipinski definition) is 1. The molecule has 2 unspecified atom stereocenters. The van der Waals surface area contributed by atoms with E-state index in [4.69, 9.17) is 0 Å². The summed E-state index contributed by atoms with van der Waals surface area (Å²) >= 11 is 0. The second-order valence-electron chi connectivity index (χ2n) is 4.38. The van der Waals surface area contributed by atoms with Crippen molar-refractivity contribution >= 4 is 0 Å². The van der Waals surface area contributed by atoms with Crippen molar-refractivity contribution in [2.75, 3.05) is 13.1 Å². The summed E-state index contributed by atoms with van der Waals surface area (Å²) in [6.07, 6.45) is 1.38. The zero-order valence-electron chi connectivity index (χ0n) is 9.17. The fraction of sp³-hybridized carbons (Fsp3) is 0.538. The van der Waals surface area contributed by atoms with Gasteiger partial charge in [0, 0.05) is 0 Å². The van der Waals surface area contributed by atoms with E-state index >= 15 is 0 Å². The van der Waals surface area contributed by atoms with E-state index in [2.05, 4.69) is 11.4 Å². The highest BCUT2D eigenvalue weighted by atomic mass is 19.1. The molecule has 1 aromatic carbocycles. The maximum Gasteiger partial charge on any atom is 0.123 e. The first-order valence-corrected chi connectivity index (χ1v) is 5.70. The molecule has 0 saturated carbocycles. The van der Waals surface area contributed by atoms with Crippen molar-refractivity contribution in [1.29, 1.82) is 0 Å². The van der Waals surface area contributed by atoms with Crippen LogP contribution in [0.2, 0.25) is 0 Å². The van der Waals surface area contributed by atoms with E-state index in [1.807, 2.05) is 18.2 Å². The molecule has 1 fully saturated rings. The Hall–Kier alpha value is -0.890. The average Bonchev–Trinajstić information content (AvgIpc) is 2.71. The molecule has 1 nitrogen and oxygen atoms in total. The van der Waals surface area contributed by atoms with Crippen molar-refractivity contribution in [2.24, 2.45) is 5.92 Å². The van der Waals surface area contributed by atoms with Crippen molar-refractivity contribution in [3.05, 3.63) is 35.4 Å². The summed E-state index contributed by atoms with van der Waals surface area (Å²) in [5, 5.41) is 3.35. The van der Waals surface area contributed by atoms with Crippen molar-refractivity contribution < 1.29 is 4.39 Å². The normalized spacial score (nSPS) is 22.9. The van der Waals surface area contributed by atoms with Gasteiger partial charge in [0.25, 0.3) is 0 Å². The van der Waals surface area contributed by atoms with E-state index in [-0.39, 0.29) is 0 Å². The van der Waals surface area contributed by atoms with Crippen LogP contribution in [0.1, 0.15) is 30.6 Å². The lowest BCUT2D eigenvalue weighted by molar-refractivity contribution is 0.370. The van der Waals surface area contributed by atoms with Crippen LogP contribution in [0.4, 0.5) is 4.39 Å². The predicted octanol–water partition coefficient (Wildman–Crippen LogP) is 2.87. The number of halogens is 1. The van der Waals surface area contributed by atoms with E-state index in [1.54, 1.807) is 6.92 Å². The van der Waals surface area contributed by atoms with Gasteiger partial charge >= 0.3 is 0 Å². The van der Waals surface area contributed by atoms with Gasteiger partial charge in [0.15, 0.2) is 0 Å². The first-order chi connectivity index (χ1) is 7.27. The molecule has 0 aliphatic carbocycles. The molecule has 1 N–H and O–H groups in total. The molecule has 2 rings (SSSR count). The molecule has 0 amide bonds. The molecule has 1 aliphatic rings. The third kappa shape index (κ3) is 2.57. The number of rotatable bonds is 3. The second-order valence-corrected chi connectivity index (χ2v) is 4.38. The van der Waals surface area contributed by atoms with Crippen LogP contribution in [0.3, 0.4) is 0 Å². The number of alkyl halides is 1. The molecule has 1 aromatic rings. The van der Waals surface area contributed by atoms with Crippen LogP contribution in [-0.4, -0.2) is 13.1 Å². The molecule has 15 heavy (non-hydrogen) atoms. The number of hydrogen-bond donors (Lipinski definition) is 1. The lowest BCUT2D eigenvalue weighted by Crippen LogP contribution is -2.11. The molecule has 0 aromatic heterocycles. The summed E-state index contributed by atoms with van der Waals surface area (Å²) in [5.41, 5.74) is 2.05. The Morgan fingerprint density at radius 3 is 2.93 bits per heavy atom. The smallest absolute Gasteiger partial charge is 0.123 e. The van der Waals surface area contributed by atoms with Crippen LogP contribution < -0.4 is 5.32 Å². The highest BCUT2D eigenvalue weighted by molar-refractivity contribution is 5.29. The summed E-state index contributed by atoms with van der Waals surface area (Å²) in [4.78, 5) is 0. The molecular weight excluding hydrogens is 189 g/mol. The van der Waals surface area contributed by atoms with Crippen LogP contribution >= 0.6 is 0 Å². The maximum absolute atomic E-state index is 13.4. The molecule has 1 heterocycles. The van der Waals surface area contributed by atoms with E-state index in [0.717, 1.165) is 25.1 Å². The summed E-state index contributed by atoms with van der Waals surface area (Å²) < 4.78 is 13.4. The van der Waals surface area contributed by atoms with Gasteiger partial charge in [0.2, 0.25) is 0 Å². The first-order valence-electron chi connectivity index (χ1n) is 5.70. The molecule has 2 heteroatoms. The van der Waals surface area contributed by atoms with E-state index in [9.17, 15) is 4.39 Å². The van der Waals surface area contributed by atoms with Crippen LogP contribution in [0.15, 0.2) is 24.3 Å². The standard InChI is InChI=1S/C13H18FN/c1-10(14)13-5-3-2-4-12(13)8-11-6-7-15-9-11/h2-5,10-11,15H,6-9H2,1H3. The highest BCUT2D eigenvalue weighted by Crippen LogP contribution is 2.24. The van der Waals surface area contributed by atoms with E-state index < -0.39 is 6.17 Å². The van der Waals surface area contributed by atoms with Gasteiger partial charge in [-0.1, -0.05) is 24.3 Å². The van der Waals surface area contributed by atoms with Crippen LogP contribution in [0, 0.1) is 5.92 Å². The zero-order chi connectivity index (χ0) is 10.7. The third-order valence-corrected chi connectivity index (χ3v) is 3.15. The Morgan fingerprint density at radius 2 is 2.27 bits per heavy atom. The summed E-state index contributed by atoms with van der Waals surface area (Å²) in [6, 6.07) is 7.89. The van der Waals surface area contributed by atoms with E-state index in [1.165, 1.54) is 12.0 Å². The minimum absolute atomic E-state index is 0.685. The van der Waals surface area contributed by atoms with Crippen molar-refractivity contribution in [1.82, 2.24) is 5.32 Å². The summed E-state index contributed by atoms with van der Waals surface area (Å²) in [7, 11) is 0. The van der Waals surface area contributed by atoms with Gasteiger partial charge in [-0.05, 0) is 49.9 Å². The Kier molecular flexibility index (Phi) is 3.37. The fourth-order valence-corrected chi connectivity index (χ4v) is 2.31. The van der Waals surface area contributed by atoms with Crippen LogP contribution in [0.5, 0.6) is 0 Å². The monoisotopic (exact) mass is 207 g/mol. The molecule has 1 saturated heterocycles. The first kappa shape index (κ1) is 10.6. The van der Waals surface area contributed by atoms with Gasteiger partial charge < -0.3 is 5.32 Å². The highest BCUT2D eigenvalue weighted by Gasteiger charge is 2.17. The molecular formula is C13H18FN. The molecule has 82 valence electrons. The lowest BCUT2D eigenvalue weighted by atomic mass is 9.93. The van der Waals surface area contributed by atoms with Crippen molar-refractivity contribution in [3.63, 3.8) is 0 Å². The van der Waals surface area contributed by atoms with Gasteiger partial charge in [-0.3, -0.25) is 0 Å². The number of benzene rings is 1. The minimum Gasteiger partial charge on any atom is -0.316 e.